The molecule has 1 aliphatic heterocycles. The molecule has 16 heavy (non-hydrogen) atoms. The van der Waals surface area contributed by atoms with Gasteiger partial charge in [-0.2, -0.15) is 0 Å². The van der Waals surface area contributed by atoms with Crippen LogP contribution in [-0.2, 0) is 4.79 Å². The van der Waals surface area contributed by atoms with Gasteiger partial charge in [-0.15, -0.1) is 4.91 Å². The number of hydrogen-bond donors (Lipinski definition) is 1. The van der Waals surface area contributed by atoms with Gasteiger partial charge in [0.05, 0.1) is 23.9 Å². The van der Waals surface area contributed by atoms with E-state index in [4.69, 9.17) is 5.11 Å². The quantitative estimate of drug-likeness (QED) is 0.866. The second-order valence-corrected chi connectivity index (χ2v) is 4.58. The van der Waals surface area contributed by atoms with Crippen LogP contribution >= 0.6 is 15.9 Å². The van der Waals surface area contributed by atoms with Gasteiger partial charge >= 0.3 is 5.97 Å². The zero-order chi connectivity index (χ0) is 11.7. The van der Waals surface area contributed by atoms with Gasteiger partial charge < -0.3 is 5.11 Å². The van der Waals surface area contributed by atoms with Gasteiger partial charge in [-0.05, 0) is 23.8 Å². The van der Waals surface area contributed by atoms with Crippen molar-refractivity contribution in [3.05, 3.63) is 33.1 Å². The number of carboxylic acids is 1. The predicted molar refractivity (Wildman–Crippen MR) is 62.3 cm³/mol. The molecule has 0 aromatic heterocycles. The Kier molecular flexibility index (Phi) is 2.91. The van der Waals surface area contributed by atoms with Crippen LogP contribution in [0.1, 0.15) is 17.9 Å². The Balaban J connectivity index is 2.38. The van der Waals surface area contributed by atoms with Crippen LogP contribution in [0.5, 0.6) is 0 Å². The molecule has 84 valence electrons. The minimum Gasteiger partial charge on any atom is -0.481 e. The average Bonchev–Trinajstić information content (AvgIpc) is 2.55. The smallest absolute Gasteiger partial charge is 0.304 e. The molecule has 1 unspecified atom stereocenters. The monoisotopic (exact) mass is 284 g/mol. The van der Waals surface area contributed by atoms with E-state index in [0.29, 0.717) is 12.2 Å². The lowest BCUT2D eigenvalue weighted by molar-refractivity contribution is -0.137. The first kappa shape index (κ1) is 11.1. The first-order valence-corrected chi connectivity index (χ1v) is 5.53. The first-order valence-electron chi connectivity index (χ1n) is 4.74. The fraction of sp³-hybridized carbons (Fsp3) is 0.300. The molecule has 1 aromatic carbocycles. The van der Waals surface area contributed by atoms with Crippen molar-refractivity contribution in [2.75, 3.05) is 11.6 Å². The number of carbonyl (C=O) groups is 1. The maximum Gasteiger partial charge on any atom is 0.304 e. The molecule has 5 nitrogen and oxygen atoms in total. The summed E-state index contributed by atoms with van der Waals surface area (Å²) >= 11 is 3.33. The fourth-order valence-corrected chi connectivity index (χ4v) is 2.33. The van der Waals surface area contributed by atoms with Crippen molar-refractivity contribution in [2.45, 2.75) is 12.3 Å². The summed E-state index contributed by atoms with van der Waals surface area (Å²) in [6.07, 6.45) is 0.00940. The van der Waals surface area contributed by atoms with Crippen molar-refractivity contribution in [1.29, 1.82) is 0 Å². The van der Waals surface area contributed by atoms with Gasteiger partial charge in [0.1, 0.15) is 0 Å². The Hall–Kier alpha value is -1.43. The minimum absolute atomic E-state index is 0.00940. The number of hydrogen-bond acceptors (Lipinski definition) is 3. The van der Waals surface area contributed by atoms with Crippen LogP contribution in [0.3, 0.4) is 0 Å². The summed E-state index contributed by atoms with van der Waals surface area (Å²) in [4.78, 5) is 21.3. The van der Waals surface area contributed by atoms with Crippen LogP contribution in [0, 0.1) is 4.91 Å². The molecule has 0 amide bonds. The molecule has 1 aliphatic rings. The third-order valence-electron chi connectivity index (χ3n) is 2.62. The van der Waals surface area contributed by atoms with E-state index in [1.54, 1.807) is 12.1 Å². The maximum absolute atomic E-state index is 10.7. The van der Waals surface area contributed by atoms with Crippen molar-refractivity contribution in [3.63, 3.8) is 0 Å². The second-order valence-electron chi connectivity index (χ2n) is 3.66. The molecule has 1 aromatic rings. The van der Waals surface area contributed by atoms with Gasteiger partial charge in [0.15, 0.2) is 0 Å². The molecule has 0 fully saturated rings. The van der Waals surface area contributed by atoms with Crippen molar-refractivity contribution < 1.29 is 9.90 Å². The Morgan fingerprint density at radius 3 is 3.00 bits per heavy atom. The van der Waals surface area contributed by atoms with Crippen molar-refractivity contribution >= 4 is 27.6 Å². The van der Waals surface area contributed by atoms with E-state index >= 15 is 0 Å². The summed E-state index contributed by atoms with van der Waals surface area (Å²) in [5.74, 6) is -1.05. The Morgan fingerprint density at radius 2 is 2.38 bits per heavy atom. The lowest BCUT2D eigenvalue weighted by Gasteiger charge is -2.06. The highest BCUT2D eigenvalue weighted by atomic mass is 79.9. The number of benzene rings is 1. The largest absolute Gasteiger partial charge is 0.481 e. The van der Waals surface area contributed by atoms with Gasteiger partial charge in [0, 0.05) is 10.4 Å². The summed E-state index contributed by atoms with van der Waals surface area (Å²) < 4.78 is 0.870. The average molecular weight is 285 g/mol. The highest BCUT2D eigenvalue weighted by Gasteiger charge is 2.31. The van der Waals surface area contributed by atoms with Crippen molar-refractivity contribution in [3.8, 4) is 0 Å². The van der Waals surface area contributed by atoms with Crippen LogP contribution in [0.15, 0.2) is 28.0 Å². The van der Waals surface area contributed by atoms with E-state index in [1.165, 1.54) is 5.01 Å². The van der Waals surface area contributed by atoms with Gasteiger partial charge in [-0.3, -0.25) is 4.79 Å². The molecule has 1 N–H and O–H groups in total. The molecule has 6 heteroatoms. The van der Waals surface area contributed by atoms with E-state index in [2.05, 4.69) is 21.2 Å². The van der Waals surface area contributed by atoms with Crippen LogP contribution in [0.2, 0.25) is 0 Å². The second kappa shape index (κ2) is 4.21. The number of aliphatic carboxylic acids is 1. The Labute approximate surface area is 100 Å². The SMILES string of the molecule is O=NN1CC(CC(=O)O)c2cc(Br)ccc21. The van der Waals surface area contributed by atoms with E-state index in [0.717, 1.165) is 10.0 Å². The number of nitrogens with zero attached hydrogens (tertiary/aromatic N) is 2. The highest BCUT2D eigenvalue weighted by Crippen LogP contribution is 2.39. The number of nitroso groups, excluding NO2 is 1. The summed E-state index contributed by atoms with van der Waals surface area (Å²) in [6, 6.07) is 5.41. The summed E-state index contributed by atoms with van der Waals surface area (Å²) in [5.41, 5.74) is 1.56. The van der Waals surface area contributed by atoms with Crippen LogP contribution in [0.25, 0.3) is 0 Å². The number of halogens is 1. The molecule has 1 atom stereocenters. The minimum atomic E-state index is -0.872. The lowest BCUT2D eigenvalue weighted by Crippen LogP contribution is -2.15. The lowest BCUT2D eigenvalue weighted by atomic mass is 9.98. The van der Waals surface area contributed by atoms with E-state index in [1.807, 2.05) is 6.07 Å². The zero-order valence-corrected chi connectivity index (χ0v) is 9.85. The molecule has 0 bridgehead atoms. The third kappa shape index (κ3) is 1.92. The predicted octanol–water partition coefficient (Wildman–Crippen LogP) is 2.51. The number of fused-ring (bicyclic) bond motifs is 1. The summed E-state index contributed by atoms with van der Waals surface area (Å²) in [6.45, 7) is 0.335. The summed E-state index contributed by atoms with van der Waals surface area (Å²) in [7, 11) is 0. The van der Waals surface area contributed by atoms with Crippen molar-refractivity contribution in [1.82, 2.24) is 0 Å². The van der Waals surface area contributed by atoms with E-state index in [9.17, 15) is 9.70 Å². The van der Waals surface area contributed by atoms with Gasteiger partial charge in [0.25, 0.3) is 0 Å². The molecule has 0 saturated heterocycles. The summed E-state index contributed by atoms with van der Waals surface area (Å²) in [5, 5.41) is 13.0. The standard InChI is InChI=1S/C10H9BrN2O3/c11-7-1-2-9-8(4-7)6(3-10(14)15)5-13(9)12-16/h1-2,4,6H,3,5H2,(H,14,15). The van der Waals surface area contributed by atoms with Crippen LogP contribution < -0.4 is 5.01 Å². The van der Waals surface area contributed by atoms with E-state index in [-0.39, 0.29) is 12.3 Å². The fourth-order valence-electron chi connectivity index (χ4n) is 1.96. The normalized spacial score (nSPS) is 18.3. The zero-order valence-electron chi connectivity index (χ0n) is 8.26. The third-order valence-corrected chi connectivity index (χ3v) is 3.11. The molecule has 0 spiro atoms. The molecular weight excluding hydrogens is 276 g/mol. The Bertz CT molecular complexity index is 450. The van der Waals surface area contributed by atoms with Crippen LogP contribution in [-0.4, -0.2) is 17.6 Å². The number of anilines is 1. The Morgan fingerprint density at radius 1 is 1.62 bits per heavy atom. The molecule has 0 saturated carbocycles. The van der Waals surface area contributed by atoms with Crippen molar-refractivity contribution in [2.24, 2.45) is 5.29 Å². The molecule has 2 rings (SSSR count). The highest BCUT2D eigenvalue weighted by molar-refractivity contribution is 9.10. The number of carboxylic acid groups (broad SMARTS) is 1. The first-order chi connectivity index (χ1) is 7.61. The van der Waals surface area contributed by atoms with Gasteiger partial charge in [-0.1, -0.05) is 15.9 Å². The molecule has 0 aliphatic carbocycles. The topological polar surface area (TPSA) is 70.0 Å². The van der Waals surface area contributed by atoms with Gasteiger partial charge in [0.2, 0.25) is 0 Å². The van der Waals surface area contributed by atoms with E-state index < -0.39 is 5.97 Å². The molecular formula is C10H9BrN2O3. The van der Waals surface area contributed by atoms with Crippen LogP contribution in [0.4, 0.5) is 5.69 Å². The molecule has 0 radical (unpaired) electrons. The maximum atomic E-state index is 10.7. The van der Waals surface area contributed by atoms with Gasteiger partial charge in [-0.25, -0.2) is 5.01 Å². The molecule has 1 heterocycles. The number of rotatable bonds is 3.